The van der Waals surface area contributed by atoms with Gasteiger partial charge < -0.3 is 5.11 Å². The third-order valence-electron chi connectivity index (χ3n) is 5.78. The average Bonchev–Trinajstić information content (AvgIpc) is 3.22. The quantitative estimate of drug-likeness (QED) is 0.637. The van der Waals surface area contributed by atoms with E-state index >= 15 is 0 Å². The summed E-state index contributed by atoms with van der Waals surface area (Å²) in [5.74, 6) is 0.977. The number of phenolic OH excluding ortho intramolecular Hbond substituents is 1. The fourth-order valence-electron chi connectivity index (χ4n) is 4.31. The number of aromatic nitrogens is 4. The van der Waals surface area contributed by atoms with Gasteiger partial charge in [0, 0.05) is 31.7 Å². The van der Waals surface area contributed by atoms with E-state index in [1.165, 1.54) is 0 Å². The molecule has 156 valence electrons. The van der Waals surface area contributed by atoms with Gasteiger partial charge in [0.25, 0.3) is 0 Å². The van der Waals surface area contributed by atoms with E-state index in [2.05, 4.69) is 45.8 Å². The lowest BCUT2D eigenvalue weighted by Gasteiger charge is -2.46. The zero-order valence-electron chi connectivity index (χ0n) is 17.5. The van der Waals surface area contributed by atoms with Crippen LogP contribution in [-0.2, 0) is 0 Å². The SMILES string of the molecule is C=CCN1C[C@H](C)N([C@H](c2cccc(O)c2)c2nnnn2-c2ccccc2)C[C@H]1C. The lowest BCUT2D eigenvalue weighted by Crippen LogP contribution is -2.57. The molecular weight excluding hydrogens is 376 g/mol. The van der Waals surface area contributed by atoms with Crippen molar-refractivity contribution < 1.29 is 5.11 Å². The molecule has 0 bridgehead atoms. The van der Waals surface area contributed by atoms with E-state index < -0.39 is 0 Å². The molecule has 3 aromatic rings. The Morgan fingerprint density at radius 1 is 1.10 bits per heavy atom. The molecule has 30 heavy (non-hydrogen) atoms. The molecule has 3 atom stereocenters. The van der Waals surface area contributed by atoms with E-state index in [1.807, 2.05) is 54.6 Å². The van der Waals surface area contributed by atoms with E-state index in [1.54, 1.807) is 10.7 Å². The second kappa shape index (κ2) is 8.77. The predicted octanol–water partition coefficient (Wildman–Crippen LogP) is 3.04. The van der Waals surface area contributed by atoms with Crippen LogP contribution >= 0.6 is 0 Å². The number of tetrazole rings is 1. The number of hydrogen-bond acceptors (Lipinski definition) is 6. The molecule has 0 unspecified atom stereocenters. The van der Waals surface area contributed by atoms with E-state index in [9.17, 15) is 5.11 Å². The Morgan fingerprint density at radius 3 is 2.63 bits per heavy atom. The number of benzene rings is 2. The van der Waals surface area contributed by atoms with Crippen molar-refractivity contribution in [1.82, 2.24) is 30.0 Å². The Kier molecular flexibility index (Phi) is 5.92. The highest BCUT2D eigenvalue weighted by atomic mass is 16.3. The molecule has 0 amide bonds. The van der Waals surface area contributed by atoms with Gasteiger partial charge in [0.05, 0.1) is 11.7 Å². The number of piperazine rings is 1. The third-order valence-corrected chi connectivity index (χ3v) is 5.78. The molecule has 0 saturated carbocycles. The number of nitrogens with zero attached hydrogens (tertiary/aromatic N) is 6. The fourth-order valence-corrected chi connectivity index (χ4v) is 4.31. The van der Waals surface area contributed by atoms with Crippen LogP contribution in [-0.4, -0.2) is 66.8 Å². The van der Waals surface area contributed by atoms with Crippen LogP contribution in [0, 0.1) is 0 Å². The normalized spacial score (nSPS) is 21.4. The zero-order valence-corrected chi connectivity index (χ0v) is 17.5. The second-order valence-electron chi connectivity index (χ2n) is 7.92. The van der Waals surface area contributed by atoms with Crippen LogP contribution in [0.15, 0.2) is 67.3 Å². The highest BCUT2D eigenvalue weighted by Crippen LogP contribution is 2.34. The summed E-state index contributed by atoms with van der Waals surface area (Å²) in [6.07, 6.45) is 1.96. The maximum absolute atomic E-state index is 10.2. The molecule has 1 N–H and O–H groups in total. The number of rotatable bonds is 6. The first-order valence-electron chi connectivity index (χ1n) is 10.3. The van der Waals surface area contributed by atoms with Crippen LogP contribution in [0.5, 0.6) is 5.75 Å². The lowest BCUT2D eigenvalue weighted by molar-refractivity contribution is 0.0279. The minimum atomic E-state index is -0.185. The molecule has 1 aromatic heterocycles. The lowest BCUT2D eigenvalue weighted by atomic mass is 9.98. The van der Waals surface area contributed by atoms with Gasteiger partial charge in [0.1, 0.15) is 5.75 Å². The summed E-state index contributed by atoms with van der Waals surface area (Å²) in [5.41, 5.74) is 1.88. The van der Waals surface area contributed by atoms with Gasteiger partial charge in [-0.3, -0.25) is 9.80 Å². The summed E-state index contributed by atoms with van der Waals surface area (Å²) in [6.45, 7) is 11.0. The Balaban J connectivity index is 1.78. The molecule has 2 heterocycles. The summed E-state index contributed by atoms with van der Waals surface area (Å²) >= 11 is 0. The highest BCUT2D eigenvalue weighted by Gasteiger charge is 2.37. The Hall–Kier alpha value is -3.03. The minimum absolute atomic E-state index is 0.185. The van der Waals surface area contributed by atoms with Gasteiger partial charge in [0.2, 0.25) is 0 Å². The van der Waals surface area contributed by atoms with Gasteiger partial charge in [0.15, 0.2) is 5.82 Å². The van der Waals surface area contributed by atoms with Crippen molar-refractivity contribution in [3.63, 3.8) is 0 Å². The Morgan fingerprint density at radius 2 is 1.90 bits per heavy atom. The van der Waals surface area contributed by atoms with Gasteiger partial charge >= 0.3 is 0 Å². The molecule has 7 nitrogen and oxygen atoms in total. The molecule has 1 aliphatic heterocycles. The van der Waals surface area contributed by atoms with E-state index in [0.29, 0.717) is 6.04 Å². The number of phenols is 1. The Bertz CT molecular complexity index is 988. The van der Waals surface area contributed by atoms with Crippen LogP contribution in [0.25, 0.3) is 5.69 Å². The molecule has 2 aromatic carbocycles. The van der Waals surface area contributed by atoms with Gasteiger partial charge in [-0.05, 0) is 54.1 Å². The van der Waals surface area contributed by atoms with Crippen molar-refractivity contribution in [3.8, 4) is 11.4 Å². The van der Waals surface area contributed by atoms with Crippen molar-refractivity contribution >= 4 is 0 Å². The van der Waals surface area contributed by atoms with Crippen molar-refractivity contribution in [3.05, 3.63) is 78.6 Å². The summed E-state index contributed by atoms with van der Waals surface area (Å²) < 4.78 is 1.79. The van der Waals surface area contributed by atoms with E-state index in [0.717, 1.165) is 36.7 Å². The van der Waals surface area contributed by atoms with Crippen molar-refractivity contribution in [2.75, 3.05) is 19.6 Å². The van der Waals surface area contributed by atoms with Crippen molar-refractivity contribution in [2.45, 2.75) is 32.0 Å². The first-order valence-corrected chi connectivity index (χ1v) is 10.3. The summed E-state index contributed by atoms with van der Waals surface area (Å²) in [6, 6.07) is 17.8. The van der Waals surface area contributed by atoms with Gasteiger partial charge in [-0.2, -0.15) is 4.68 Å². The van der Waals surface area contributed by atoms with Gasteiger partial charge in [-0.1, -0.05) is 36.4 Å². The van der Waals surface area contributed by atoms with Crippen LogP contribution in [0.1, 0.15) is 31.3 Å². The first-order chi connectivity index (χ1) is 14.6. The van der Waals surface area contributed by atoms with Crippen molar-refractivity contribution in [1.29, 1.82) is 0 Å². The van der Waals surface area contributed by atoms with Gasteiger partial charge in [-0.15, -0.1) is 11.7 Å². The van der Waals surface area contributed by atoms with Crippen LogP contribution < -0.4 is 0 Å². The van der Waals surface area contributed by atoms with Crippen LogP contribution in [0.3, 0.4) is 0 Å². The summed E-state index contributed by atoms with van der Waals surface area (Å²) in [4.78, 5) is 4.87. The molecule has 0 spiro atoms. The first kappa shape index (κ1) is 20.3. The molecule has 0 radical (unpaired) electrons. The van der Waals surface area contributed by atoms with Gasteiger partial charge in [-0.25, -0.2) is 0 Å². The average molecular weight is 405 g/mol. The zero-order chi connectivity index (χ0) is 21.1. The molecule has 4 rings (SSSR count). The number of hydrogen-bond donors (Lipinski definition) is 1. The predicted molar refractivity (Wildman–Crippen MR) is 117 cm³/mol. The number of para-hydroxylation sites is 1. The highest BCUT2D eigenvalue weighted by molar-refractivity contribution is 5.36. The van der Waals surface area contributed by atoms with Crippen LogP contribution in [0.4, 0.5) is 0 Å². The largest absolute Gasteiger partial charge is 0.508 e. The fraction of sp³-hybridized carbons (Fsp3) is 0.348. The van der Waals surface area contributed by atoms with Crippen molar-refractivity contribution in [2.24, 2.45) is 0 Å². The molecule has 1 saturated heterocycles. The molecule has 1 aliphatic rings. The molecule has 0 aliphatic carbocycles. The maximum atomic E-state index is 10.2. The molecule has 7 heteroatoms. The van der Waals surface area contributed by atoms with E-state index in [4.69, 9.17) is 0 Å². The smallest absolute Gasteiger partial charge is 0.178 e. The minimum Gasteiger partial charge on any atom is -0.508 e. The maximum Gasteiger partial charge on any atom is 0.178 e. The monoisotopic (exact) mass is 404 g/mol. The molecular formula is C23H28N6O. The standard InChI is InChI=1S/C23H28N6O/c1-4-13-27-15-18(3)28(16-17(27)2)22(19-9-8-12-21(30)14-19)23-24-25-26-29(23)20-10-6-5-7-11-20/h4-12,14,17-18,22,30H,1,13,15-16H2,2-3H3/t17-,18+,22-/m1/s1. The topological polar surface area (TPSA) is 70.3 Å². The summed E-state index contributed by atoms with van der Waals surface area (Å²) in [5, 5.41) is 22.9. The van der Waals surface area contributed by atoms with E-state index in [-0.39, 0.29) is 17.8 Å². The summed E-state index contributed by atoms with van der Waals surface area (Å²) in [7, 11) is 0. The second-order valence-corrected chi connectivity index (χ2v) is 7.92. The molecule has 1 fully saturated rings. The number of aromatic hydroxyl groups is 1. The Labute approximate surface area is 177 Å². The van der Waals surface area contributed by atoms with Crippen LogP contribution in [0.2, 0.25) is 0 Å². The third kappa shape index (κ3) is 3.99.